The highest BCUT2D eigenvalue weighted by molar-refractivity contribution is 6.33. The Hall–Kier alpha value is -0.730. The minimum absolute atomic E-state index is 0.520. The summed E-state index contributed by atoms with van der Waals surface area (Å²) in [5, 5.41) is 4.26. The van der Waals surface area contributed by atoms with Gasteiger partial charge in [-0.05, 0) is 50.9 Å². The van der Waals surface area contributed by atoms with Crippen molar-refractivity contribution in [2.24, 2.45) is 0 Å². The molecule has 0 aliphatic rings. The molecular weight excluding hydrogens is 256 g/mol. The molecule has 0 fully saturated rings. The van der Waals surface area contributed by atoms with Crippen molar-refractivity contribution in [1.29, 1.82) is 0 Å². The number of hydrogen-bond acceptors (Lipinski definition) is 2. The predicted octanol–water partition coefficient (Wildman–Crippen LogP) is 4.46. The van der Waals surface area contributed by atoms with E-state index in [4.69, 9.17) is 11.6 Å². The Labute approximate surface area is 123 Å². The van der Waals surface area contributed by atoms with Gasteiger partial charge in [0.2, 0.25) is 0 Å². The third-order valence-corrected chi connectivity index (χ3v) is 3.84. The maximum atomic E-state index is 6.45. The average molecular weight is 283 g/mol. The van der Waals surface area contributed by atoms with Crippen molar-refractivity contribution in [3.05, 3.63) is 28.8 Å². The molecule has 0 amide bonds. The van der Waals surface area contributed by atoms with Crippen LogP contribution in [0.3, 0.4) is 0 Å². The maximum Gasteiger partial charge on any atom is 0.0642 e. The second kappa shape index (κ2) is 8.44. The Balaban J connectivity index is 2.80. The van der Waals surface area contributed by atoms with Gasteiger partial charge in [-0.3, -0.25) is 0 Å². The molecule has 0 saturated heterocycles. The van der Waals surface area contributed by atoms with Gasteiger partial charge < -0.3 is 10.2 Å². The molecule has 108 valence electrons. The lowest BCUT2D eigenvalue weighted by Gasteiger charge is -2.30. The van der Waals surface area contributed by atoms with Crippen LogP contribution in [-0.4, -0.2) is 19.1 Å². The molecule has 0 bridgehead atoms. The highest BCUT2D eigenvalue weighted by Crippen LogP contribution is 2.29. The minimum Gasteiger partial charge on any atom is -0.368 e. The predicted molar refractivity (Wildman–Crippen MR) is 86.2 cm³/mol. The first-order valence-corrected chi connectivity index (χ1v) is 7.77. The van der Waals surface area contributed by atoms with Crippen LogP contribution >= 0.6 is 11.6 Å². The minimum atomic E-state index is 0.520. The number of anilines is 1. The van der Waals surface area contributed by atoms with Crippen LogP contribution in [-0.2, 0) is 6.54 Å². The average Bonchev–Trinajstić information content (AvgIpc) is 2.41. The molecule has 0 spiro atoms. The van der Waals surface area contributed by atoms with E-state index in [9.17, 15) is 0 Å². The smallest absolute Gasteiger partial charge is 0.0642 e. The standard InChI is InChI=1S/C16H27ClN2/c1-5-10-18-12-14-8-9-16(15(17)11-14)19(7-3)13(4)6-2/h8-9,11,13,18H,5-7,10,12H2,1-4H3. The highest BCUT2D eigenvalue weighted by Gasteiger charge is 2.14. The van der Waals surface area contributed by atoms with Crippen LogP contribution in [0.25, 0.3) is 0 Å². The molecule has 1 atom stereocenters. The zero-order chi connectivity index (χ0) is 14.3. The summed E-state index contributed by atoms with van der Waals surface area (Å²) in [5.41, 5.74) is 2.40. The van der Waals surface area contributed by atoms with E-state index in [0.717, 1.165) is 43.2 Å². The molecule has 0 saturated carbocycles. The van der Waals surface area contributed by atoms with E-state index < -0.39 is 0 Å². The molecular formula is C16H27ClN2. The fourth-order valence-corrected chi connectivity index (χ4v) is 2.55. The molecule has 1 aromatic rings. The number of benzene rings is 1. The lowest BCUT2D eigenvalue weighted by molar-refractivity contribution is 0.629. The molecule has 1 rings (SSSR count). The van der Waals surface area contributed by atoms with Crippen LogP contribution in [0.2, 0.25) is 5.02 Å². The lowest BCUT2D eigenvalue weighted by Crippen LogP contribution is -2.32. The quantitative estimate of drug-likeness (QED) is 0.708. The van der Waals surface area contributed by atoms with Crippen molar-refractivity contribution >= 4 is 17.3 Å². The van der Waals surface area contributed by atoms with Gasteiger partial charge in [-0.25, -0.2) is 0 Å². The first-order chi connectivity index (χ1) is 9.13. The molecule has 1 unspecified atom stereocenters. The summed E-state index contributed by atoms with van der Waals surface area (Å²) in [4.78, 5) is 2.37. The van der Waals surface area contributed by atoms with Crippen LogP contribution in [0.15, 0.2) is 18.2 Å². The summed E-state index contributed by atoms with van der Waals surface area (Å²) in [5.74, 6) is 0. The zero-order valence-electron chi connectivity index (χ0n) is 12.7. The van der Waals surface area contributed by atoms with Gasteiger partial charge in [0.05, 0.1) is 10.7 Å². The molecule has 0 aromatic heterocycles. The van der Waals surface area contributed by atoms with E-state index in [-0.39, 0.29) is 0 Å². The van der Waals surface area contributed by atoms with Crippen molar-refractivity contribution in [1.82, 2.24) is 5.32 Å². The van der Waals surface area contributed by atoms with Crippen LogP contribution in [0.1, 0.15) is 46.1 Å². The fourth-order valence-electron chi connectivity index (χ4n) is 2.24. The third-order valence-electron chi connectivity index (χ3n) is 3.54. The van der Waals surface area contributed by atoms with E-state index in [1.807, 2.05) is 0 Å². The molecule has 0 aliphatic heterocycles. The van der Waals surface area contributed by atoms with E-state index in [1.165, 1.54) is 5.56 Å². The number of nitrogens with one attached hydrogen (secondary N) is 1. The largest absolute Gasteiger partial charge is 0.368 e. The third kappa shape index (κ3) is 4.70. The van der Waals surface area contributed by atoms with Crippen LogP contribution in [0.5, 0.6) is 0 Å². The van der Waals surface area contributed by atoms with Gasteiger partial charge in [-0.1, -0.05) is 31.5 Å². The van der Waals surface area contributed by atoms with E-state index in [2.05, 4.69) is 56.1 Å². The van der Waals surface area contributed by atoms with Gasteiger partial charge >= 0.3 is 0 Å². The Morgan fingerprint density at radius 3 is 2.53 bits per heavy atom. The van der Waals surface area contributed by atoms with E-state index in [0.29, 0.717) is 6.04 Å². The van der Waals surface area contributed by atoms with Crippen LogP contribution in [0.4, 0.5) is 5.69 Å². The van der Waals surface area contributed by atoms with Crippen molar-refractivity contribution in [2.45, 2.75) is 53.1 Å². The summed E-state index contributed by atoms with van der Waals surface area (Å²) in [6.07, 6.45) is 2.29. The number of rotatable bonds is 8. The van der Waals surface area contributed by atoms with Crippen molar-refractivity contribution in [2.75, 3.05) is 18.0 Å². The molecule has 1 aromatic carbocycles. The Kier molecular flexibility index (Phi) is 7.25. The second-order valence-electron chi connectivity index (χ2n) is 5.01. The summed E-state index contributed by atoms with van der Waals surface area (Å²) >= 11 is 6.45. The van der Waals surface area contributed by atoms with E-state index in [1.54, 1.807) is 0 Å². The SMILES string of the molecule is CCCNCc1ccc(N(CC)C(C)CC)c(Cl)c1. The van der Waals surface area contributed by atoms with E-state index >= 15 is 0 Å². The van der Waals surface area contributed by atoms with Crippen molar-refractivity contribution < 1.29 is 0 Å². The summed E-state index contributed by atoms with van der Waals surface area (Å²) < 4.78 is 0. The van der Waals surface area contributed by atoms with Gasteiger partial charge in [-0.15, -0.1) is 0 Å². The molecule has 3 heteroatoms. The number of nitrogens with zero attached hydrogens (tertiary/aromatic N) is 1. The molecule has 2 nitrogen and oxygen atoms in total. The first-order valence-electron chi connectivity index (χ1n) is 7.39. The molecule has 19 heavy (non-hydrogen) atoms. The fraction of sp³-hybridized carbons (Fsp3) is 0.625. The van der Waals surface area contributed by atoms with Crippen molar-refractivity contribution in [3.63, 3.8) is 0 Å². The van der Waals surface area contributed by atoms with Gasteiger partial charge in [0.15, 0.2) is 0 Å². The van der Waals surface area contributed by atoms with Crippen LogP contribution < -0.4 is 10.2 Å². The Morgan fingerprint density at radius 1 is 1.26 bits per heavy atom. The molecule has 0 radical (unpaired) electrons. The summed E-state index contributed by atoms with van der Waals surface area (Å²) in [7, 11) is 0. The number of hydrogen-bond donors (Lipinski definition) is 1. The lowest BCUT2D eigenvalue weighted by atomic mass is 10.1. The molecule has 1 N–H and O–H groups in total. The summed E-state index contributed by atoms with van der Waals surface area (Å²) in [6.45, 7) is 11.7. The van der Waals surface area contributed by atoms with Gasteiger partial charge in [0, 0.05) is 19.1 Å². The van der Waals surface area contributed by atoms with Gasteiger partial charge in [0.25, 0.3) is 0 Å². The zero-order valence-corrected chi connectivity index (χ0v) is 13.4. The maximum absolute atomic E-state index is 6.45. The van der Waals surface area contributed by atoms with Gasteiger partial charge in [0.1, 0.15) is 0 Å². The molecule has 0 aliphatic carbocycles. The van der Waals surface area contributed by atoms with Gasteiger partial charge in [-0.2, -0.15) is 0 Å². The Bertz CT molecular complexity index is 379. The normalized spacial score (nSPS) is 12.5. The van der Waals surface area contributed by atoms with Crippen molar-refractivity contribution in [3.8, 4) is 0 Å². The molecule has 0 heterocycles. The topological polar surface area (TPSA) is 15.3 Å². The van der Waals surface area contributed by atoms with Crippen LogP contribution in [0, 0.1) is 0 Å². The second-order valence-corrected chi connectivity index (χ2v) is 5.41. The Morgan fingerprint density at radius 2 is 2.00 bits per heavy atom. The highest BCUT2D eigenvalue weighted by atomic mass is 35.5. The summed E-state index contributed by atoms with van der Waals surface area (Å²) in [6, 6.07) is 6.94. The number of halogens is 1. The monoisotopic (exact) mass is 282 g/mol. The first kappa shape index (κ1) is 16.3.